The third-order valence-corrected chi connectivity index (χ3v) is 9.07. The molecular formula is C28H32FN7O2S. The van der Waals surface area contributed by atoms with E-state index in [9.17, 15) is 12.8 Å². The number of hydrogen-bond donors (Lipinski definition) is 2. The molecule has 0 unspecified atom stereocenters. The average molecular weight is 550 g/mol. The molecule has 3 N–H and O–H groups in total. The third-order valence-electron chi connectivity index (χ3n) is 7.16. The third kappa shape index (κ3) is 5.95. The molecule has 0 spiro atoms. The second kappa shape index (κ2) is 11.1. The number of aromatic nitrogens is 3. The SMILES string of the molecule is CN1CCC(N(Cc2cccn2C)S(=O)(=O)c2ccc(Nc3ncc(-c4ccc(F)cc4)c(N)n3)cc2)CC1. The van der Waals surface area contributed by atoms with Gasteiger partial charge >= 0.3 is 0 Å². The van der Waals surface area contributed by atoms with E-state index in [-0.39, 0.29) is 28.5 Å². The minimum Gasteiger partial charge on any atom is -0.383 e. The predicted molar refractivity (Wildman–Crippen MR) is 150 cm³/mol. The van der Waals surface area contributed by atoms with Gasteiger partial charge in [0.05, 0.1) is 11.4 Å². The molecule has 0 atom stereocenters. The number of benzene rings is 2. The van der Waals surface area contributed by atoms with E-state index in [1.807, 2.05) is 29.9 Å². The zero-order valence-corrected chi connectivity index (χ0v) is 22.8. The summed E-state index contributed by atoms with van der Waals surface area (Å²) in [6.07, 6.45) is 5.06. The molecule has 39 heavy (non-hydrogen) atoms. The molecule has 0 bridgehead atoms. The summed E-state index contributed by atoms with van der Waals surface area (Å²) < 4.78 is 44.6. The van der Waals surface area contributed by atoms with Crippen LogP contribution in [-0.2, 0) is 23.6 Å². The highest BCUT2D eigenvalue weighted by Crippen LogP contribution is 2.29. The minimum atomic E-state index is -3.75. The Hall–Kier alpha value is -3.80. The van der Waals surface area contributed by atoms with Gasteiger partial charge in [-0.05, 0) is 87.1 Å². The minimum absolute atomic E-state index is 0.0742. The molecule has 1 fully saturated rings. The van der Waals surface area contributed by atoms with Gasteiger partial charge in [-0.25, -0.2) is 17.8 Å². The van der Waals surface area contributed by atoms with Gasteiger partial charge in [0.25, 0.3) is 0 Å². The molecule has 1 aliphatic rings. The van der Waals surface area contributed by atoms with E-state index >= 15 is 0 Å². The monoisotopic (exact) mass is 549 g/mol. The molecule has 0 aliphatic carbocycles. The highest BCUT2D eigenvalue weighted by Gasteiger charge is 2.33. The van der Waals surface area contributed by atoms with E-state index in [0.29, 0.717) is 23.4 Å². The molecule has 11 heteroatoms. The number of likely N-dealkylation sites (tertiary alicyclic amines) is 1. The van der Waals surface area contributed by atoms with E-state index in [0.717, 1.165) is 31.6 Å². The largest absolute Gasteiger partial charge is 0.383 e. The molecule has 1 aliphatic heterocycles. The second-order valence-corrected chi connectivity index (χ2v) is 11.7. The van der Waals surface area contributed by atoms with Gasteiger partial charge in [-0.15, -0.1) is 0 Å². The Morgan fingerprint density at radius 1 is 1.05 bits per heavy atom. The van der Waals surface area contributed by atoms with Crippen molar-refractivity contribution in [2.45, 2.75) is 30.3 Å². The second-order valence-electron chi connectivity index (χ2n) is 9.84. The van der Waals surface area contributed by atoms with Crippen LogP contribution in [0.4, 0.5) is 21.8 Å². The van der Waals surface area contributed by atoms with Gasteiger partial charge in [0.2, 0.25) is 16.0 Å². The molecule has 0 saturated carbocycles. The fourth-order valence-electron chi connectivity index (χ4n) is 4.80. The number of rotatable bonds is 8. The van der Waals surface area contributed by atoms with E-state index < -0.39 is 10.0 Å². The van der Waals surface area contributed by atoms with E-state index in [4.69, 9.17) is 5.73 Å². The number of hydrogen-bond acceptors (Lipinski definition) is 7. The zero-order valence-electron chi connectivity index (χ0n) is 22.0. The Morgan fingerprint density at radius 2 is 1.74 bits per heavy atom. The standard InChI is InChI=1S/C28H32FN7O2S/c1-34-16-13-23(14-17-34)36(19-24-4-3-15-35(24)2)39(37,38)25-11-9-22(10-12-25)32-28-31-18-26(27(30)33-28)20-5-7-21(29)8-6-20/h3-12,15,18,23H,13-14,16-17,19H2,1-2H3,(H3,30,31,32,33). The summed E-state index contributed by atoms with van der Waals surface area (Å²) in [6.45, 7) is 2.03. The van der Waals surface area contributed by atoms with Crippen LogP contribution in [0.5, 0.6) is 0 Å². The number of nitrogen functional groups attached to an aromatic ring is 1. The molecule has 3 heterocycles. The predicted octanol–water partition coefficient (Wildman–Crippen LogP) is 4.23. The average Bonchev–Trinajstić information content (AvgIpc) is 3.33. The summed E-state index contributed by atoms with van der Waals surface area (Å²) >= 11 is 0. The molecule has 0 amide bonds. The number of nitrogens with one attached hydrogen (secondary N) is 1. The van der Waals surface area contributed by atoms with Crippen LogP contribution in [0, 0.1) is 5.82 Å². The summed E-state index contributed by atoms with van der Waals surface area (Å²) in [4.78, 5) is 11.1. The van der Waals surface area contributed by atoms with Crippen molar-refractivity contribution >= 4 is 27.5 Å². The van der Waals surface area contributed by atoms with Crippen LogP contribution in [0.1, 0.15) is 18.5 Å². The smallest absolute Gasteiger partial charge is 0.243 e. The Kier molecular flexibility index (Phi) is 7.65. The van der Waals surface area contributed by atoms with Crippen molar-refractivity contribution in [1.29, 1.82) is 0 Å². The Morgan fingerprint density at radius 3 is 2.36 bits per heavy atom. The van der Waals surface area contributed by atoms with Gasteiger partial charge in [-0.3, -0.25) is 0 Å². The van der Waals surface area contributed by atoms with Crippen molar-refractivity contribution in [2.24, 2.45) is 7.05 Å². The van der Waals surface area contributed by atoms with Gasteiger partial charge in [-0.1, -0.05) is 12.1 Å². The summed E-state index contributed by atoms with van der Waals surface area (Å²) in [6, 6.07) is 16.3. The fourth-order valence-corrected chi connectivity index (χ4v) is 6.45. The van der Waals surface area contributed by atoms with Crippen molar-refractivity contribution in [3.8, 4) is 11.1 Å². The summed E-state index contributed by atoms with van der Waals surface area (Å²) in [7, 11) is 0.237. The molecular weight excluding hydrogens is 517 g/mol. The van der Waals surface area contributed by atoms with Gasteiger partial charge in [0.1, 0.15) is 11.6 Å². The number of nitrogens with two attached hydrogens (primary N) is 1. The van der Waals surface area contributed by atoms with Crippen molar-refractivity contribution < 1.29 is 12.8 Å². The van der Waals surface area contributed by atoms with Gasteiger partial charge in [0.15, 0.2) is 0 Å². The lowest BCUT2D eigenvalue weighted by Gasteiger charge is -2.36. The first-order valence-corrected chi connectivity index (χ1v) is 14.2. The molecule has 0 radical (unpaired) electrons. The molecule has 5 rings (SSSR count). The summed E-state index contributed by atoms with van der Waals surface area (Å²) in [5.74, 6) is 0.176. The van der Waals surface area contributed by atoms with E-state index in [2.05, 4.69) is 27.2 Å². The van der Waals surface area contributed by atoms with Crippen LogP contribution >= 0.6 is 0 Å². The van der Waals surface area contributed by atoms with Crippen LogP contribution in [0.25, 0.3) is 11.1 Å². The lowest BCUT2D eigenvalue weighted by Crippen LogP contribution is -2.46. The first kappa shape index (κ1) is 26.8. The van der Waals surface area contributed by atoms with Crippen molar-refractivity contribution in [3.63, 3.8) is 0 Å². The van der Waals surface area contributed by atoms with Gasteiger partial charge < -0.3 is 20.5 Å². The highest BCUT2D eigenvalue weighted by atomic mass is 32.2. The first-order chi connectivity index (χ1) is 18.7. The molecule has 2 aromatic carbocycles. The maximum atomic E-state index is 13.9. The number of halogens is 1. The van der Waals surface area contributed by atoms with Crippen molar-refractivity contribution in [2.75, 3.05) is 31.2 Å². The van der Waals surface area contributed by atoms with Crippen molar-refractivity contribution in [1.82, 2.24) is 23.7 Å². The Labute approximate surface area is 228 Å². The zero-order chi connectivity index (χ0) is 27.6. The van der Waals surface area contributed by atoms with Crippen LogP contribution in [0.3, 0.4) is 0 Å². The number of nitrogens with zero attached hydrogens (tertiary/aromatic N) is 5. The fraction of sp³-hybridized carbons (Fsp3) is 0.286. The number of piperidine rings is 1. The molecule has 204 valence electrons. The maximum Gasteiger partial charge on any atom is 0.243 e. The Bertz CT molecular complexity index is 1530. The van der Waals surface area contributed by atoms with E-state index in [1.165, 1.54) is 12.1 Å². The molecule has 9 nitrogen and oxygen atoms in total. The topological polar surface area (TPSA) is 109 Å². The number of aryl methyl sites for hydroxylation is 1. The molecule has 4 aromatic rings. The highest BCUT2D eigenvalue weighted by molar-refractivity contribution is 7.89. The normalized spacial score (nSPS) is 15.1. The van der Waals surface area contributed by atoms with Crippen LogP contribution in [0.2, 0.25) is 0 Å². The molecule has 2 aromatic heterocycles. The van der Waals surface area contributed by atoms with Crippen LogP contribution < -0.4 is 11.1 Å². The number of sulfonamides is 1. The van der Waals surface area contributed by atoms with Crippen LogP contribution in [-0.4, -0.2) is 58.3 Å². The lowest BCUT2D eigenvalue weighted by atomic mass is 10.1. The first-order valence-electron chi connectivity index (χ1n) is 12.8. The van der Waals surface area contributed by atoms with Crippen molar-refractivity contribution in [3.05, 3.63) is 84.6 Å². The summed E-state index contributed by atoms with van der Waals surface area (Å²) in [5.41, 5.74) is 8.99. The van der Waals surface area contributed by atoms with Crippen LogP contribution in [0.15, 0.2) is 78.0 Å². The quantitative estimate of drug-likeness (QED) is 0.339. The van der Waals surface area contributed by atoms with E-state index in [1.54, 1.807) is 46.9 Å². The maximum absolute atomic E-state index is 13.9. The number of anilines is 3. The lowest BCUT2D eigenvalue weighted by molar-refractivity contribution is 0.177. The van der Waals surface area contributed by atoms with Gasteiger partial charge in [0, 0.05) is 42.4 Å². The Balaban J connectivity index is 1.35. The van der Waals surface area contributed by atoms with Gasteiger partial charge in [-0.2, -0.15) is 9.29 Å². The summed E-state index contributed by atoms with van der Waals surface area (Å²) in [5, 5.41) is 3.07. The molecule has 1 saturated heterocycles.